The first-order valence-corrected chi connectivity index (χ1v) is 10.4. The number of hydrogen-bond donors (Lipinski definition) is 4. The third kappa shape index (κ3) is 3.80. The Morgan fingerprint density at radius 3 is 1.69 bits per heavy atom. The summed E-state index contributed by atoms with van der Waals surface area (Å²) in [7, 11) is 3.62. The molecule has 4 rings (SSSR count). The van der Waals surface area contributed by atoms with E-state index in [2.05, 4.69) is 50.5 Å². The summed E-state index contributed by atoms with van der Waals surface area (Å²) in [5.41, 5.74) is 3.02. The zero-order valence-corrected chi connectivity index (χ0v) is 15.3. The molecule has 0 aromatic carbocycles. The number of hydrogen-bond acceptors (Lipinski definition) is 10. The molecular weight excluding hydrogens is 372 g/mol. The van der Waals surface area contributed by atoms with E-state index in [9.17, 15) is 0 Å². The van der Waals surface area contributed by atoms with Crippen LogP contribution < -0.4 is 10.6 Å². The minimum atomic E-state index is 0.673. The molecule has 0 radical (unpaired) electrons. The van der Waals surface area contributed by atoms with Crippen molar-refractivity contribution in [3.8, 4) is 0 Å². The molecule has 0 aliphatic rings. The molecule has 0 aliphatic carbocycles. The number of aromatic nitrogens is 8. The number of nitrogens with zero attached hydrogens (tertiary/aromatic N) is 6. The molecule has 0 saturated carbocycles. The van der Waals surface area contributed by atoms with E-state index in [-0.39, 0.29) is 0 Å². The first-order chi connectivity index (χ1) is 12.9. The highest BCUT2D eigenvalue weighted by atomic mass is 33.1. The summed E-state index contributed by atoms with van der Waals surface area (Å²) in [5.74, 6) is 3.49. The van der Waals surface area contributed by atoms with Crippen LogP contribution in [0.5, 0.6) is 0 Å². The van der Waals surface area contributed by atoms with Gasteiger partial charge >= 0.3 is 0 Å². The molecule has 0 aliphatic heterocycles. The van der Waals surface area contributed by atoms with Crippen LogP contribution in [-0.2, 0) is 0 Å². The van der Waals surface area contributed by atoms with E-state index in [0.29, 0.717) is 11.3 Å². The van der Waals surface area contributed by atoms with E-state index in [4.69, 9.17) is 0 Å². The van der Waals surface area contributed by atoms with Crippen LogP contribution in [0.1, 0.15) is 0 Å². The van der Waals surface area contributed by atoms with Gasteiger partial charge in [-0.1, -0.05) is 21.6 Å². The second kappa shape index (κ2) is 8.19. The fourth-order valence-corrected chi connectivity index (χ4v) is 4.15. The van der Waals surface area contributed by atoms with E-state index in [1.165, 1.54) is 12.7 Å². The van der Waals surface area contributed by atoms with Crippen LogP contribution in [0.2, 0.25) is 0 Å². The van der Waals surface area contributed by atoms with Gasteiger partial charge in [0.15, 0.2) is 22.9 Å². The maximum Gasteiger partial charge on any atom is 0.182 e. The van der Waals surface area contributed by atoms with E-state index in [1.54, 1.807) is 12.7 Å². The lowest BCUT2D eigenvalue weighted by atomic mass is 10.5. The van der Waals surface area contributed by atoms with Crippen molar-refractivity contribution < 1.29 is 0 Å². The van der Waals surface area contributed by atoms with Crippen molar-refractivity contribution in [1.82, 2.24) is 39.9 Å². The average Bonchev–Trinajstić information content (AvgIpc) is 3.33. The van der Waals surface area contributed by atoms with Crippen molar-refractivity contribution in [2.45, 2.75) is 0 Å². The van der Waals surface area contributed by atoms with Crippen LogP contribution in [0.25, 0.3) is 22.3 Å². The van der Waals surface area contributed by atoms with Gasteiger partial charge in [-0.15, -0.1) is 0 Å². The predicted octanol–water partition coefficient (Wildman–Crippen LogP) is 1.92. The molecule has 4 heterocycles. The van der Waals surface area contributed by atoms with E-state index in [0.717, 1.165) is 47.3 Å². The number of rotatable bonds is 9. The van der Waals surface area contributed by atoms with E-state index < -0.39 is 0 Å². The molecule has 0 atom stereocenters. The number of anilines is 2. The molecule has 12 heteroatoms. The Balaban J connectivity index is 1.14. The summed E-state index contributed by atoms with van der Waals surface area (Å²) < 4.78 is 0. The summed E-state index contributed by atoms with van der Waals surface area (Å²) in [6, 6.07) is 0. The number of H-pyrrole nitrogens is 2. The lowest BCUT2D eigenvalue weighted by molar-refractivity contribution is 1.14. The fraction of sp³-hybridized carbons (Fsp3) is 0.286. The lowest BCUT2D eigenvalue weighted by Gasteiger charge is -2.07. The van der Waals surface area contributed by atoms with Gasteiger partial charge in [0.05, 0.1) is 12.7 Å². The number of aromatic amines is 2. The van der Waals surface area contributed by atoms with Crippen molar-refractivity contribution in [3.63, 3.8) is 0 Å². The van der Waals surface area contributed by atoms with Crippen molar-refractivity contribution in [2.75, 3.05) is 35.2 Å². The minimum Gasteiger partial charge on any atom is -0.367 e. The Bertz CT molecular complexity index is 904. The first kappa shape index (κ1) is 16.8. The normalized spacial score (nSPS) is 11.2. The third-order valence-corrected chi connectivity index (χ3v) is 5.89. The van der Waals surface area contributed by atoms with E-state index in [1.807, 2.05) is 21.6 Å². The van der Waals surface area contributed by atoms with Crippen LogP contribution in [0, 0.1) is 0 Å². The summed E-state index contributed by atoms with van der Waals surface area (Å²) in [6.45, 7) is 1.63. The van der Waals surface area contributed by atoms with Crippen LogP contribution in [0.15, 0.2) is 25.3 Å². The van der Waals surface area contributed by atoms with Crippen molar-refractivity contribution in [3.05, 3.63) is 25.3 Å². The summed E-state index contributed by atoms with van der Waals surface area (Å²) in [4.78, 5) is 31.0. The second-order valence-corrected chi connectivity index (χ2v) is 7.85. The number of nitrogens with one attached hydrogen (secondary N) is 4. The maximum absolute atomic E-state index is 4.24. The van der Waals surface area contributed by atoms with Crippen LogP contribution in [0.3, 0.4) is 0 Å². The molecule has 0 unspecified atom stereocenters. The monoisotopic (exact) mass is 388 g/mol. The molecule has 0 saturated heterocycles. The largest absolute Gasteiger partial charge is 0.367 e. The summed E-state index contributed by atoms with van der Waals surface area (Å²) in [6.07, 6.45) is 6.28. The highest BCUT2D eigenvalue weighted by molar-refractivity contribution is 8.76. The molecule has 4 N–H and O–H groups in total. The van der Waals surface area contributed by atoms with Gasteiger partial charge in [-0.3, -0.25) is 0 Å². The highest BCUT2D eigenvalue weighted by Crippen LogP contribution is 2.22. The predicted molar refractivity (Wildman–Crippen MR) is 105 cm³/mol. The minimum absolute atomic E-state index is 0.673. The Kier molecular flexibility index (Phi) is 5.30. The molecular formula is C14H16N10S2. The average molecular weight is 388 g/mol. The summed E-state index contributed by atoms with van der Waals surface area (Å²) in [5, 5.41) is 6.62. The molecule has 0 amide bonds. The molecule has 0 spiro atoms. The molecule has 10 nitrogen and oxygen atoms in total. The Hall–Kier alpha value is -2.60. The van der Waals surface area contributed by atoms with Gasteiger partial charge in [-0.05, 0) is 0 Å². The fourth-order valence-electron chi connectivity index (χ4n) is 2.34. The van der Waals surface area contributed by atoms with Gasteiger partial charge in [0.25, 0.3) is 0 Å². The van der Waals surface area contributed by atoms with Crippen molar-refractivity contribution in [2.24, 2.45) is 0 Å². The van der Waals surface area contributed by atoms with Crippen molar-refractivity contribution >= 4 is 55.6 Å². The third-order valence-electron chi connectivity index (χ3n) is 3.48. The van der Waals surface area contributed by atoms with Crippen LogP contribution in [0.4, 0.5) is 11.6 Å². The Labute approximate surface area is 156 Å². The summed E-state index contributed by atoms with van der Waals surface area (Å²) >= 11 is 0. The smallest absolute Gasteiger partial charge is 0.182 e. The van der Waals surface area contributed by atoms with Gasteiger partial charge in [0.1, 0.15) is 23.7 Å². The molecule has 0 bridgehead atoms. The van der Waals surface area contributed by atoms with E-state index >= 15 is 0 Å². The first-order valence-electron chi connectivity index (χ1n) is 7.92. The van der Waals surface area contributed by atoms with Gasteiger partial charge in [-0.2, -0.15) is 0 Å². The Morgan fingerprint density at radius 2 is 1.19 bits per heavy atom. The van der Waals surface area contributed by atoms with Gasteiger partial charge in [0.2, 0.25) is 0 Å². The second-order valence-electron chi connectivity index (χ2n) is 5.14. The number of fused-ring (bicyclic) bond motifs is 2. The van der Waals surface area contributed by atoms with Crippen LogP contribution in [-0.4, -0.2) is 64.5 Å². The van der Waals surface area contributed by atoms with Gasteiger partial charge < -0.3 is 20.6 Å². The highest BCUT2D eigenvalue weighted by Gasteiger charge is 2.05. The SMILES string of the molecule is c1nc(NCCSSCCNc2ncnc3nc[nH]c23)c2[nH]cnc2n1. The lowest BCUT2D eigenvalue weighted by Crippen LogP contribution is -2.07. The van der Waals surface area contributed by atoms with Gasteiger partial charge in [0, 0.05) is 24.6 Å². The quantitative estimate of drug-likeness (QED) is 0.249. The maximum atomic E-state index is 4.24. The van der Waals surface area contributed by atoms with Gasteiger partial charge in [-0.25, -0.2) is 29.9 Å². The molecule has 4 aromatic rings. The molecule has 0 fully saturated rings. The zero-order valence-electron chi connectivity index (χ0n) is 13.6. The van der Waals surface area contributed by atoms with Crippen molar-refractivity contribution in [1.29, 1.82) is 0 Å². The topological polar surface area (TPSA) is 133 Å². The standard InChI is InChI=1S/C14H16N10S2/c1(15-11-9-13(19-5-17-9)23-7-21-11)3-25-26-4-2-16-12-10-14(20-6-18-10)24-8-22-12/h5-8H,1-4H2,(H2,15,17,19,21,23)(H2,16,18,20,22,24). The van der Waals surface area contributed by atoms with Crippen LogP contribution >= 0.6 is 21.6 Å². The number of imidazole rings is 2. The molecule has 26 heavy (non-hydrogen) atoms. The molecule has 134 valence electrons. The zero-order chi connectivity index (χ0) is 17.6. The molecule has 4 aromatic heterocycles. The Morgan fingerprint density at radius 1 is 0.692 bits per heavy atom.